The maximum Gasteiger partial charge on any atom is 0.433 e. The molecule has 0 fully saturated rings. The van der Waals surface area contributed by atoms with Crippen LogP contribution in [0.3, 0.4) is 0 Å². The highest BCUT2D eigenvalue weighted by Gasteiger charge is 2.32. The summed E-state index contributed by atoms with van der Waals surface area (Å²) in [6, 6.07) is 20.3. The molecular weight excluding hydrogens is 503 g/mol. The highest BCUT2D eigenvalue weighted by molar-refractivity contribution is 5.81. The molecule has 6 nitrogen and oxygen atoms in total. The third-order valence-corrected chi connectivity index (χ3v) is 5.59. The first-order valence-corrected chi connectivity index (χ1v) is 12.1. The van der Waals surface area contributed by atoms with E-state index in [0.717, 1.165) is 40.2 Å². The molecule has 0 amide bonds. The molecule has 202 valence electrons. The number of nitrogens with one attached hydrogen (secondary N) is 3. The highest BCUT2D eigenvalue weighted by atomic mass is 19.4. The first-order chi connectivity index (χ1) is 18.7. The van der Waals surface area contributed by atoms with Crippen molar-refractivity contribution < 1.29 is 17.9 Å². The van der Waals surface area contributed by atoms with E-state index in [-0.39, 0.29) is 0 Å². The van der Waals surface area contributed by atoms with E-state index in [9.17, 15) is 13.2 Å². The smallest absolute Gasteiger partial charge is 0.433 e. The van der Waals surface area contributed by atoms with Gasteiger partial charge in [-0.1, -0.05) is 30.9 Å². The van der Waals surface area contributed by atoms with Crippen LogP contribution in [0, 0.1) is 5.41 Å². The summed E-state index contributed by atoms with van der Waals surface area (Å²) in [5.74, 6) is 0.866. The maximum absolute atomic E-state index is 12.4. The van der Waals surface area contributed by atoms with Gasteiger partial charge in [0.05, 0.1) is 5.52 Å². The molecule has 0 radical (unpaired) electrons. The van der Waals surface area contributed by atoms with E-state index in [4.69, 9.17) is 10.1 Å². The lowest BCUT2D eigenvalue weighted by Crippen LogP contribution is -2.13. The van der Waals surface area contributed by atoms with Crippen LogP contribution in [0.25, 0.3) is 16.6 Å². The molecule has 3 N–H and O–H groups in total. The second-order valence-corrected chi connectivity index (χ2v) is 8.32. The zero-order valence-corrected chi connectivity index (χ0v) is 21.7. The number of fused-ring (bicyclic) bond motifs is 1. The van der Waals surface area contributed by atoms with Crippen LogP contribution in [0.5, 0.6) is 5.75 Å². The molecule has 2 aromatic heterocycles. The van der Waals surface area contributed by atoms with E-state index in [1.54, 1.807) is 13.0 Å². The summed E-state index contributed by atoms with van der Waals surface area (Å²) in [4.78, 5) is 7.75. The number of aromatic nitrogens is 2. The van der Waals surface area contributed by atoms with Gasteiger partial charge >= 0.3 is 6.18 Å². The first kappa shape index (κ1) is 28.9. The molecule has 0 spiro atoms. The van der Waals surface area contributed by atoms with Gasteiger partial charge in [-0.3, -0.25) is 9.97 Å². The molecule has 4 rings (SSSR count). The Morgan fingerprint density at radius 1 is 1.03 bits per heavy atom. The van der Waals surface area contributed by atoms with Crippen LogP contribution < -0.4 is 15.4 Å². The van der Waals surface area contributed by atoms with Gasteiger partial charge in [0.1, 0.15) is 18.1 Å². The standard InChI is InChI=1S/C17H16N2O.C13H14F3N3/c1-18-14-6-8-15(9-7-14)20-12-13-10-11-19-17-5-3-2-4-16(13)17;1-3-11(19-9(2)6-7-17)10-4-5-12(18-8-10)13(14,15)16/h2-11,18H,12H2,1H3;3-5,7-8,17,19H,2,6H2,1H3/b;11-3-,17-7?. The van der Waals surface area contributed by atoms with Crippen molar-refractivity contribution in [3.05, 3.63) is 114 Å². The molecule has 0 atom stereocenters. The molecular formula is C30H30F3N5O. The first-order valence-electron chi connectivity index (χ1n) is 12.1. The van der Waals surface area contributed by atoms with Gasteiger partial charge in [0, 0.05) is 65.7 Å². The molecule has 0 aliphatic heterocycles. The molecule has 2 aromatic carbocycles. The van der Waals surface area contributed by atoms with E-state index in [2.05, 4.69) is 33.2 Å². The van der Waals surface area contributed by atoms with E-state index in [1.807, 2.05) is 61.8 Å². The number of benzene rings is 2. The number of alkyl halides is 3. The Balaban J connectivity index is 0.000000216. The Kier molecular flexibility index (Phi) is 10.2. The fourth-order valence-electron chi connectivity index (χ4n) is 3.56. The summed E-state index contributed by atoms with van der Waals surface area (Å²) in [5, 5.41) is 14.1. The van der Waals surface area contributed by atoms with Crippen molar-refractivity contribution in [1.82, 2.24) is 15.3 Å². The molecule has 39 heavy (non-hydrogen) atoms. The van der Waals surface area contributed by atoms with Crippen molar-refractivity contribution >= 4 is 28.5 Å². The van der Waals surface area contributed by atoms with Gasteiger partial charge in [0.15, 0.2) is 0 Å². The van der Waals surface area contributed by atoms with Gasteiger partial charge < -0.3 is 20.8 Å². The third-order valence-electron chi connectivity index (χ3n) is 5.59. The van der Waals surface area contributed by atoms with Crippen LogP contribution in [0.4, 0.5) is 18.9 Å². The summed E-state index contributed by atoms with van der Waals surface area (Å²) in [6.07, 6.45) is 1.79. The maximum atomic E-state index is 12.4. The van der Waals surface area contributed by atoms with Crippen molar-refractivity contribution in [3.8, 4) is 5.75 Å². The molecule has 9 heteroatoms. The predicted octanol–water partition coefficient (Wildman–Crippen LogP) is 7.46. The molecule has 2 heterocycles. The Bertz CT molecular complexity index is 1410. The molecule has 4 aromatic rings. The molecule has 0 aliphatic rings. The van der Waals surface area contributed by atoms with Crippen LogP contribution >= 0.6 is 0 Å². The normalized spacial score (nSPS) is 11.3. The van der Waals surface area contributed by atoms with Crippen LogP contribution in [0.1, 0.15) is 30.2 Å². The molecule has 0 aliphatic carbocycles. The van der Waals surface area contributed by atoms with Crippen LogP contribution in [-0.4, -0.2) is 23.2 Å². The number of para-hydroxylation sites is 1. The minimum Gasteiger partial charge on any atom is -0.489 e. The number of ether oxygens (including phenoxy) is 1. The minimum atomic E-state index is -4.44. The number of nitrogens with zero attached hydrogens (tertiary/aromatic N) is 2. The number of pyridine rings is 2. The van der Waals surface area contributed by atoms with Crippen molar-refractivity contribution in [3.63, 3.8) is 0 Å². The Morgan fingerprint density at radius 2 is 1.77 bits per heavy atom. The molecule has 0 bridgehead atoms. The lowest BCUT2D eigenvalue weighted by molar-refractivity contribution is -0.141. The van der Waals surface area contributed by atoms with E-state index < -0.39 is 11.9 Å². The average Bonchev–Trinajstić information content (AvgIpc) is 2.95. The lowest BCUT2D eigenvalue weighted by Gasteiger charge is -2.12. The van der Waals surface area contributed by atoms with Gasteiger partial charge in [0.25, 0.3) is 0 Å². The quantitative estimate of drug-likeness (QED) is 0.195. The van der Waals surface area contributed by atoms with Gasteiger partial charge in [-0.2, -0.15) is 13.2 Å². The summed E-state index contributed by atoms with van der Waals surface area (Å²) in [5.41, 5.74) is 4.02. The second-order valence-electron chi connectivity index (χ2n) is 8.32. The Morgan fingerprint density at radius 3 is 2.38 bits per heavy atom. The van der Waals surface area contributed by atoms with E-state index >= 15 is 0 Å². The lowest BCUT2D eigenvalue weighted by atomic mass is 10.1. The predicted molar refractivity (Wildman–Crippen MR) is 151 cm³/mol. The zero-order chi connectivity index (χ0) is 28.3. The van der Waals surface area contributed by atoms with Crippen molar-refractivity contribution in [2.45, 2.75) is 26.1 Å². The Labute approximate surface area is 225 Å². The fraction of sp³-hybridized carbons (Fsp3) is 0.167. The number of anilines is 1. The number of halogens is 3. The fourth-order valence-corrected chi connectivity index (χ4v) is 3.56. The Hall–Kier alpha value is -4.66. The van der Waals surface area contributed by atoms with Crippen molar-refractivity contribution in [1.29, 1.82) is 5.41 Å². The molecule has 0 saturated carbocycles. The minimum absolute atomic E-state index is 0.353. The highest BCUT2D eigenvalue weighted by Crippen LogP contribution is 2.28. The van der Waals surface area contributed by atoms with Crippen molar-refractivity contribution in [2.75, 3.05) is 12.4 Å². The van der Waals surface area contributed by atoms with Crippen LogP contribution in [0.2, 0.25) is 0 Å². The van der Waals surface area contributed by atoms with Gasteiger partial charge in [-0.15, -0.1) is 0 Å². The largest absolute Gasteiger partial charge is 0.489 e. The van der Waals surface area contributed by atoms with Crippen molar-refractivity contribution in [2.24, 2.45) is 0 Å². The van der Waals surface area contributed by atoms with E-state index in [0.29, 0.717) is 30.0 Å². The van der Waals surface area contributed by atoms with Crippen LogP contribution in [0.15, 0.2) is 97.5 Å². The van der Waals surface area contributed by atoms with Gasteiger partial charge in [-0.25, -0.2) is 0 Å². The van der Waals surface area contributed by atoms with Gasteiger partial charge in [-0.05, 0) is 55.5 Å². The average molecular weight is 534 g/mol. The monoisotopic (exact) mass is 533 g/mol. The topological polar surface area (TPSA) is 82.9 Å². The number of allylic oxidation sites excluding steroid dienone is 2. The number of hydrogen-bond donors (Lipinski definition) is 3. The third kappa shape index (κ3) is 8.43. The second kappa shape index (κ2) is 13.8. The summed E-state index contributed by atoms with van der Waals surface area (Å²) >= 11 is 0. The zero-order valence-electron chi connectivity index (χ0n) is 21.7. The molecule has 0 unspecified atom stereocenters. The van der Waals surface area contributed by atoms with Crippen LogP contribution in [-0.2, 0) is 12.8 Å². The SMILES string of the molecule is C=C(CC=N)N/C(=C\C)c1ccc(C(F)(F)F)nc1.CNc1ccc(OCc2ccnc3ccccc23)cc1. The van der Waals surface area contributed by atoms with E-state index in [1.165, 1.54) is 12.3 Å². The summed E-state index contributed by atoms with van der Waals surface area (Å²) < 4.78 is 43.0. The van der Waals surface area contributed by atoms with Gasteiger partial charge in [0.2, 0.25) is 0 Å². The molecule has 0 saturated heterocycles. The summed E-state index contributed by atoms with van der Waals surface area (Å²) in [7, 11) is 1.90. The number of rotatable bonds is 9. The summed E-state index contributed by atoms with van der Waals surface area (Å²) in [6.45, 7) is 6.00. The number of hydrogen-bond acceptors (Lipinski definition) is 6.